The van der Waals surface area contributed by atoms with Crippen LogP contribution >= 0.6 is 0 Å². The normalized spacial score (nSPS) is 12.9. The Balaban J connectivity index is 2.58. The Hall–Kier alpha value is -2.30. The Bertz CT molecular complexity index is 472. The highest BCUT2D eigenvalue weighted by molar-refractivity contribution is 5.85. The summed E-state index contributed by atoms with van der Waals surface area (Å²) in [5.74, 6) is -0.547. The van der Waals surface area contributed by atoms with E-state index in [1.807, 2.05) is 30.3 Å². The standard InChI is InChI=1S/C15H19NO4/c1-4-10-15(2,13(17)19-3)16-14(18)20-11-12-8-6-5-7-9-12/h4-9H,1,10-11H2,2-3H3,(H,16,18)/t15-/m1/s1. The van der Waals surface area contributed by atoms with Crippen molar-refractivity contribution in [2.45, 2.75) is 25.5 Å². The van der Waals surface area contributed by atoms with Crippen molar-refractivity contribution in [2.24, 2.45) is 0 Å². The quantitative estimate of drug-likeness (QED) is 0.640. The van der Waals surface area contributed by atoms with E-state index in [1.165, 1.54) is 13.2 Å². The maximum atomic E-state index is 11.8. The molecule has 1 amide bonds. The van der Waals surface area contributed by atoms with Crippen molar-refractivity contribution in [1.29, 1.82) is 0 Å². The molecular formula is C15H19NO4. The van der Waals surface area contributed by atoms with E-state index >= 15 is 0 Å². The number of carbonyl (C=O) groups excluding carboxylic acids is 2. The molecule has 0 aliphatic heterocycles. The lowest BCUT2D eigenvalue weighted by atomic mass is 9.98. The number of amides is 1. The molecule has 0 spiro atoms. The van der Waals surface area contributed by atoms with Gasteiger partial charge < -0.3 is 14.8 Å². The molecule has 0 fully saturated rings. The van der Waals surface area contributed by atoms with Crippen molar-refractivity contribution >= 4 is 12.1 Å². The lowest BCUT2D eigenvalue weighted by molar-refractivity contribution is -0.147. The molecule has 0 saturated carbocycles. The second-order valence-corrected chi connectivity index (χ2v) is 4.50. The van der Waals surface area contributed by atoms with Gasteiger partial charge in [0.05, 0.1) is 7.11 Å². The van der Waals surface area contributed by atoms with Crippen LogP contribution in [0.2, 0.25) is 0 Å². The van der Waals surface area contributed by atoms with Gasteiger partial charge in [-0.15, -0.1) is 6.58 Å². The molecule has 1 aromatic rings. The van der Waals surface area contributed by atoms with E-state index in [1.54, 1.807) is 6.92 Å². The van der Waals surface area contributed by atoms with Gasteiger partial charge >= 0.3 is 12.1 Å². The molecule has 1 rings (SSSR count). The van der Waals surface area contributed by atoms with Crippen LogP contribution in [0, 0.1) is 0 Å². The van der Waals surface area contributed by atoms with Crippen LogP contribution in [0.1, 0.15) is 18.9 Å². The number of nitrogens with one attached hydrogen (secondary N) is 1. The second kappa shape index (κ2) is 7.33. The molecule has 5 nitrogen and oxygen atoms in total. The average Bonchev–Trinajstić information content (AvgIpc) is 2.45. The third-order valence-corrected chi connectivity index (χ3v) is 2.78. The van der Waals surface area contributed by atoms with Gasteiger partial charge in [-0.3, -0.25) is 0 Å². The van der Waals surface area contributed by atoms with Crippen LogP contribution in [0.25, 0.3) is 0 Å². The first-order valence-electron chi connectivity index (χ1n) is 6.20. The molecular weight excluding hydrogens is 258 g/mol. The smallest absolute Gasteiger partial charge is 0.408 e. The predicted molar refractivity (Wildman–Crippen MR) is 75.0 cm³/mol. The minimum atomic E-state index is -1.18. The van der Waals surface area contributed by atoms with Crippen LogP contribution in [0.4, 0.5) is 4.79 Å². The number of benzene rings is 1. The number of methoxy groups -OCH3 is 1. The number of ether oxygens (including phenoxy) is 2. The van der Waals surface area contributed by atoms with Crippen molar-refractivity contribution in [3.05, 3.63) is 48.6 Å². The molecule has 0 saturated heterocycles. The van der Waals surface area contributed by atoms with E-state index in [0.717, 1.165) is 5.56 Å². The SMILES string of the molecule is C=CC[C@@](C)(NC(=O)OCc1ccccc1)C(=O)OC. The third-order valence-electron chi connectivity index (χ3n) is 2.78. The highest BCUT2D eigenvalue weighted by atomic mass is 16.6. The van der Waals surface area contributed by atoms with Gasteiger partial charge in [0.2, 0.25) is 0 Å². The lowest BCUT2D eigenvalue weighted by Gasteiger charge is -2.26. The third kappa shape index (κ3) is 4.42. The molecule has 108 valence electrons. The largest absolute Gasteiger partial charge is 0.467 e. The van der Waals surface area contributed by atoms with Crippen molar-refractivity contribution in [1.82, 2.24) is 5.32 Å². The maximum Gasteiger partial charge on any atom is 0.408 e. The topological polar surface area (TPSA) is 64.6 Å². The van der Waals surface area contributed by atoms with E-state index in [9.17, 15) is 9.59 Å². The summed E-state index contributed by atoms with van der Waals surface area (Å²) in [6.07, 6.45) is 1.11. The van der Waals surface area contributed by atoms with E-state index in [-0.39, 0.29) is 13.0 Å². The van der Waals surface area contributed by atoms with Crippen molar-refractivity contribution in [2.75, 3.05) is 7.11 Å². The fourth-order valence-corrected chi connectivity index (χ4v) is 1.68. The number of esters is 1. The highest BCUT2D eigenvalue weighted by Crippen LogP contribution is 2.13. The minimum absolute atomic E-state index is 0.137. The molecule has 5 heteroatoms. The van der Waals surface area contributed by atoms with Gasteiger partial charge in [0, 0.05) is 0 Å². The Morgan fingerprint density at radius 1 is 1.35 bits per heavy atom. The van der Waals surface area contributed by atoms with E-state index < -0.39 is 17.6 Å². The summed E-state index contributed by atoms with van der Waals surface area (Å²) in [5.41, 5.74) is -0.310. The van der Waals surface area contributed by atoms with Gasteiger partial charge in [0.15, 0.2) is 0 Å². The average molecular weight is 277 g/mol. The van der Waals surface area contributed by atoms with Gasteiger partial charge in [-0.2, -0.15) is 0 Å². The number of hydrogen-bond donors (Lipinski definition) is 1. The van der Waals surface area contributed by atoms with Gasteiger partial charge in [-0.25, -0.2) is 9.59 Å². The van der Waals surface area contributed by atoms with E-state index in [0.29, 0.717) is 0 Å². The molecule has 0 unspecified atom stereocenters. The minimum Gasteiger partial charge on any atom is -0.467 e. The summed E-state index contributed by atoms with van der Waals surface area (Å²) in [6.45, 7) is 5.26. The molecule has 1 atom stereocenters. The Morgan fingerprint density at radius 3 is 2.55 bits per heavy atom. The lowest BCUT2D eigenvalue weighted by Crippen LogP contribution is -2.52. The number of rotatable bonds is 6. The molecule has 1 aromatic carbocycles. The summed E-state index contributed by atoms with van der Waals surface area (Å²) < 4.78 is 9.75. The molecule has 0 heterocycles. The van der Waals surface area contributed by atoms with Crippen molar-refractivity contribution in [3.8, 4) is 0 Å². The molecule has 0 bridgehead atoms. The number of hydrogen-bond acceptors (Lipinski definition) is 4. The first-order valence-corrected chi connectivity index (χ1v) is 6.20. The molecule has 0 aliphatic carbocycles. The molecule has 0 radical (unpaired) electrons. The molecule has 1 N–H and O–H groups in total. The van der Waals surface area contributed by atoms with Gasteiger partial charge in [0.25, 0.3) is 0 Å². The first kappa shape index (κ1) is 15.8. The van der Waals surface area contributed by atoms with Crippen LogP contribution in [0.5, 0.6) is 0 Å². The van der Waals surface area contributed by atoms with Crippen LogP contribution in [-0.2, 0) is 20.9 Å². The zero-order valence-electron chi connectivity index (χ0n) is 11.7. The highest BCUT2D eigenvalue weighted by Gasteiger charge is 2.35. The molecule has 0 aliphatic rings. The van der Waals surface area contributed by atoms with Crippen molar-refractivity contribution in [3.63, 3.8) is 0 Å². The zero-order valence-corrected chi connectivity index (χ0v) is 11.7. The molecule has 0 aromatic heterocycles. The van der Waals surface area contributed by atoms with Gasteiger partial charge in [-0.1, -0.05) is 36.4 Å². The van der Waals surface area contributed by atoms with Crippen LogP contribution in [0.15, 0.2) is 43.0 Å². The second-order valence-electron chi connectivity index (χ2n) is 4.50. The van der Waals surface area contributed by atoms with E-state index in [2.05, 4.69) is 16.6 Å². The van der Waals surface area contributed by atoms with Crippen LogP contribution < -0.4 is 5.32 Å². The number of carbonyl (C=O) groups is 2. The Morgan fingerprint density at radius 2 is 2.00 bits per heavy atom. The van der Waals surface area contributed by atoms with Crippen LogP contribution in [-0.4, -0.2) is 24.7 Å². The Kier molecular flexibility index (Phi) is 5.77. The fourth-order valence-electron chi connectivity index (χ4n) is 1.68. The molecule has 20 heavy (non-hydrogen) atoms. The van der Waals surface area contributed by atoms with E-state index in [4.69, 9.17) is 4.74 Å². The summed E-state index contributed by atoms with van der Waals surface area (Å²) in [5, 5.41) is 2.51. The zero-order chi connectivity index (χ0) is 15.0. The van der Waals surface area contributed by atoms with Gasteiger partial charge in [0.1, 0.15) is 12.1 Å². The Labute approximate surface area is 118 Å². The summed E-state index contributed by atoms with van der Waals surface area (Å²) in [4.78, 5) is 23.4. The summed E-state index contributed by atoms with van der Waals surface area (Å²) >= 11 is 0. The van der Waals surface area contributed by atoms with Gasteiger partial charge in [-0.05, 0) is 18.9 Å². The monoisotopic (exact) mass is 277 g/mol. The number of alkyl carbamates (subject to hydrolysis) is 1. The first-order chi connectivity index (χ1) is 9.51. The fraction of sp³-hybridized carbons (Fsp3) is 0.333. The van der Waals surface area contributed by atoms with Crippen molar-refractivity contribution < 1.29 is 19.1 Å². The maximum absolute atomic E-state index is 11.8. The summed E-state index contributed by atoms with van der Waals surface area (Å²) in [7, 11) is 1.26. The predicted octanol–water partition coefficient (Wildman–Crippen LogP) is 2.42. The van der Waals surface area contributed by atoms with Crippen LogP contribution in [0.3, 0.4) is 0 Å². The summed E-state index contributed by atoms with van der Waals surface area (Å²) in [6, 6.07) is 9.27.